The highest BCUT2D eigenvalue weighted by atomic mass is 19.1. The van der Waals surface area contributed by atoms with Crippen LogP contribution in [-0.2, 0) is 11.3 Å². The van der Waals surface area contributed by atoms with E-state index in [4.69, 9.17) is 9.47 Å². The van der Waals surface area contributed by atoms with Crippen molar-refractivity contribution < 1.29 is 23.4 Å². The van der Waals surface area contributed by atoms with Gasteiger partial charge in [0.1, 0.15) is 17.4 Å². The zero-order chi connectivity index (χ0) is 23.3. The molecule has 1 aromatic heterocycles. The van der Waals surface area contributed by atoms with E-state index in [1.165, 1.54) is 24.3 Å². The van der Waals surface area contributed by atoms with E-state index in [-0.39, 0.29) is 18.5 Å². The maximum Gasteiger partial charge on any atom is 0.227 e. The molecule has 0 spiro atoms. The number of nitrogens with zero attached hydrogens (tertiary/aromatic N) is 3. The predicted octanol–water partition coefficient (Wildman–Crippen LogP) is 4.47. The van der Waals surface area contributed by atoms with Gasteiger partial charge >= 0.3 is 0 Å². The summed E-state index contributed by atoms with van der Waals surface area (Å²) in [5.41, 5.74) is 2.12. The van der Waals surface area contributed by atoms with Crippen LogP contribution in [-0.4, -0.2) is 52.2 Å². The van der Waals surface area contributed by atoms with Gasteiger partial charge in [-0.3, -0.25) is 4.90 Å². The molecule has 1 atom stereocenters. The first-order chi connectivity index (χ1) is 15.3. The second-order valence-corrected chi connectivity index (χ2v) is 7.95. The van der Waals surface area contributed by atoms with Crippen LogP contribution in [0.5, 0.6) is 11.6 Å². The SMILES string of the molecule is COCC(O)CN(Cc1c(C)nn(-c2ccc(F)cc2)c1Oc1cccc(F)c1)C(C)C. The van der Waals surface area contributed by atoms with Crippen LogP contribution < -0.4 is 4.74 Å². The van der Waals surface area contributed by atoms with Crippen LogP contribution in [0.25, 0.3) is 5.69 Å². The van der Waals surface area contributed by atoms with Crippen LogP contribution >= 0.6 is 0 Å². The summed E-state index contributed by atoms with van der Waals surface area (Å²) < 4.78 is 40.0. The predicted molar refractivity (Wildman–Crippen MR) is 118 cm³/mol. The Labute approximate surface area is 187 Å². The number of hydrogen-bond donors (Lipinski definition) is 1. The minimum absolute atomic E-state index is 0.122. The Morgan fingerprint density at radius 2 is 1.81 bits per heavy atom. The summed E-state index contributed by atoms with van der Waals surface area (Å²) in [7, 11) is 1.55. The highest BCUT2D eigenvalue weighted by molar-refractivity contribution is 5.43. The van der Waals surface area contributed by atoms with E-state index in [9.17, 15) is 13.9 Å². The largest absolute Gasteiger partial charge is 0.438 e. The molecule has 172 valence electrons. The number of rotatable bonds is 10. The molecule has 1 N–H and O–H groups in total. The molecule has 3 aromatic rings. The van der Waals surface area contributed by atoms with Crippen molar-refractivity contribution in [1.82, 2.24) is 14.7 Å². The van der Waals surface area contributed by atoms with Crippen molar-refractivity contribution in [2.24, 2.45) is 0 Å². The third-order valence-electron chi connectivity index (χ3n) is 5.11. The lowest BCUT2D eigenvalue weighted by Crippen LogP contribution is -2.38. The molecule has 1 heterocycles. The van der Waals surface area contributed by atoms with Crippen molar-refractivity contribution in [1.29, 1.82) is 0 Å². The highest BCUT2D eigenvalue weighted by Crippen LogP contribution is 2.32. The number of aromatic nitrogens is 2. The average molecular weight is 446 g/mol. The molecule has 0 saturated heterocycles. The quantitative estimate of drug-likeness (QED) is 0.499. The Balaban J connectivity index is 2.02. The van der Waals surface area contributed by atoms with Crippen LogP contribution in [0.15, 0.2) is 48.5 Å². The van der Waals surface area contributed by atoms with E-state index in [2.05, 4.69) is 10.00 Å². The Morgan fingerprint density at radius 3 is 2.44 bits per heavy atom. The normalized spacial score (nSPS) is 12.5. The van der Waals surface area contributed by atoms with Gasteiger partial charge in [-0.2, -0.15) is 5.10 Å². The molecule has 8 heteroatoms. The summed E-state index contributed by atoms with van der Waals surface area (Å²) >= 11 is 0. The van der Waals surface area contributed by atoms with Crippen molar-refractivity contribution in [3.05, 3.63) is 71.4 Å². The zero-order valence-corrected chi connectivity index (χ0v) is 18.8. The van der Waals surface area contributed by atoms with E-state index >= 15 is 0 Å². The number of ether oxygens (including phenoxy) is 2. The van der Waals surface area contributed by atoms with Gasteiger partial charge in [0.05, 0.1) is 29.7 Å². The van der Waals surface area contributed by atoms with E-state index < -0.39 is 11.9 Å². The summed E-state index contributed by atoms with van der Waals surface area (Å²) in [6.45, 7) is 6.99. The van der Waals surface area contributed by atoms with Gasteiger partial charge in [0, 0.05) is 32.3 Å². The summed E-state index contributed by atoms with van der Waals surface area (Å²) in [5.74, 6) is -0.0414. The molecule has 6 nitrogen and oxygen atoms in total. The first-order valence-corrected chi connectivity index (χ1v) is 10.5. The van der Waals surface area contributed by atoms with Gasteiger partial charge < -0.3 is 14.6 Å². The molecule has 0 fully saturated rings. The Bertz CT molecular complexity index is 1020. The molecule has 2 aromatic carbocycles. The second kappa shape index (κ2) is 10.7. The molecular weight excluding hydrogens is 416 g/mol. The fraction of sp³-hybridized carbons (Fsp3) is 0.375. The van der Waals surface area contributed by atoms with Gasteiger partial charge in [-0.25, -0.2) is 13.5 Å². The van der Waals surface area contributed by atoms with E-state index in [0.29, 0.717) is 36.1 Å². The maximum absolute atomic E-state index is 13.8. The average Bonchev–Trinajstić information content (AvgIpc) is 3.03. The van der Waals surface area contributed by atoms with Gasteiger partial charge in [0.25, 0.3) is 0 Å². The lowest BCUT2D eigenvalue weighted by Gasteiger charge is -2.28. The smallest absolute Gasteiger partial charge is 0.227 e. The maximum atomic E-state index is 13.8. The van der Waals surface area contributed by atoms with Crippen LogP contribution in [0, 0.1) is 18.6 Å². The Hall–Kier alpha value is -2.81. The van der Waals surface area contributed by atoms with E-state index in [1.54, 1.807) is 36.1 Å². The molecule has 0 aliphatic carbocycles. The molecule has 0 amide bonds. The summed E-state index contributed by atoms with van der Waals surface area (Å²) in [4.78, 5) is 2.08. The molecule has 3 rings (SSSR count). The number of aliphatic hydroxyl groups is 1. The molecule has 1 unspecified atom stereocenters. The standard InChI is InChI=1S/C24H29F2N3O3/c1-16(2)28(13-21(30)15-31-4)14-23-17(3)27-29(20-10-8-18(25)9-11-20)24(23)32-22-7-5-6-19(26)12-22/h5-12,16,21,30H,13-15H2,1-4H3. The van der Waals surface area contributed by atoms with E-state index in [0.717, 1.165) is 5.56 Å². The fourth-order valence-corrected chi connectivity index (χ4v) is 3.40. The lowest BCUT2D eigenvalue weighted by atomic mass is 10.2. The second-order valence-electron chi connectivity index (χ2n) is 7.95. The number of methoxy groups -OCH3 is 1. The lowest BCUT2D eigenvalue weighted by molar-refractivity contribution is 0.0277. The van der Waals surface area contributed by atoms with Crippen molar-refractivity contribution in [2.75, 3.05) is 20.3 Å². The first-order valence-electron chi connectivity index (χ1n) is 10.5. The van der Waals surface area contributed by atoms with Gasteiger partial charge in [-0.05, 0) is 57.2 Å². The number of hydrogen-bond acceptors (Lipinski definition) is 5. The topological polar surface area (TPSA) is 59.8 Å². The number of aryl methyl sites for hydroxylation is 1. The van der Waals surface area contributed by atoms with Gasteiger partial charge in [0.15, 0.2) is 0 Å². The highest BCUT2D eigenvalue weighted by Gasteiger charge is 2.24. The van der Waals surface area contributed by atoms with E-state index in [1.807, 2.05) is 20.8 Å². The number of aliphatic hydroxyl groups excluding tert-OH is 1. The van der Waals surface area contributed by atoms with Gasteiger partial charge in [-0.15, -0.1) is 0 Å². The first kappa shape index (κ1) is 23.8. The molecule has 32 heavy (non-hydrogen) atoms. The molecular formula is C24H29F2N3O3. The minimum Gasteiger partial charge on any atom is -0.438 e. The Kier molecular flexibility index (Phi) is 7.95. The van der Waals surface area contributed by atoms with Crippen molar-refractivity contribution in [2.45, 2.75) is 39.5 Å². The van der Waals surface area contributed by atoms with Crippen molar-refractivity contribution in [3.63, 3.8) is 0 Å². The molecule has 0 radical (unpaired) electrons. The summed E-state index contributed by atoms with van der Waals surface area (Å²) in [5, 5.41) is 14.9. The molecule has 0 bridgehead atoms. The van der Waals surface area contributed by atoms with Crippen LogP contribution in [0.2, 0.25) is 0 Å². The van der Waals surface area contributed by atoms with Gasteiger partial charge in [-0.1, -0.05) is 6.07 Å². The van der Waals surface area contributed by atoms with Crippen LogP contribution in [0.3, 0.4) is 0 Å². The van der Waals surface area contributed by atoms with Crippen molar-refractivity contribution in [3.8, 4) is 17.3 Å². The van der Waals surface area contributed by atoms with Gasteiger partial charge in [0.2, 0.25) is 5.88 Å². The molecule has 0 aliphatic heterocycles. The third kappa shape index (κ3) is 5.91. The number of benzene rings is 2. The zero-order valence-electron chi connectivity index (χ0n) is 18.8. The van der Waals surface area contributed by atoms with Crippen LogP contribution in [0.1, 0.15) is 25.1 Å². The number of halogens is 2. The molecule has 0 aliphatic rings. The molecule has 0 saturated carbocycles. The third-order valence-corrected chi connectivity index (χ3v) is 5.11. The minimum atomic E-state index is -0.651. The van der Waals surface area contributed by atoms with Crippen LogP contribution in [0.4, 0.5) is 8.78 Å². The van der Waals surface area contributed by atoms with Crippen molar-refractivity contribution >= 4 is 0 Å². The fourth-order valence-electron chi connectivity index (χ4n) is 3.40. The summed E-state index contributed by atoms with van der Waals surface area (Å²) in [6, 6.07) is 11.9. The monoisotopic (exact) mass is 445 g/mol. The Morgan fingerprint density at radius 1 is 1.09 bits per heavy atom. The summed E-state index contributed by atoms with van der Waals surface area (Å²) in [6.07, 6.45) is -0.651.